The molecule has 4 atom stereocenters. The molecule has 0 radical (unpaired) electrons. The summed E-state index contributed by atoms with van der Waals surface area (Å²) in [6, 6.07) is 0. The van der Waals surface area contributed by atoms with E-state index < -0.39 is 48.3 Å². The maximum Gasteiger partial charge on any atom is 1.00 e. The molecule has 0 rings (SSSR count). The Morgan fingerprint density at radius 1 is 0.636 bits per heavy atom. The molecule has 14 heteroatoms. The number of hydrogen-bond donors (Lipinski definition) is 7. The standard InChI is InChI=1S/2C4H6O6.Cr.K/c2*5-1(3(7)8)2(6)4(9)10;;/h2*1-2,5-6H,(H,7,8)(H,9,10);;/q;;;+1/p-1. The molecule has 12 nitrogen and oxygen atoms in total. The number of aliphatic hydroxyl groups excluding tert-OH is 4. The van der Waals surface area contributed by atoms with Gasteiger partial charge in [0.15, 0.2) is 18.3 Å². The average Bonchev–Trinajstić information content (AvgIpc) is 2.35. The van der Waals surface area contributed by atoms with Gasteiger partial charge in [-0.2, -0.15) is 0 Å². The third-order valence-electron chi connectivity index (χ3n) is 1.60. The molecule has 0 aromatic carbocycles. The Labute approximate surface area is 175 Å². The monoisotopic (exact) mass is 390 g/mol. The first-order chi connectivity index (χ1) is 8.93. The van der Waals surface area contributed by atoms with Gasteiger partial charge in [-0.1, -0.05) is 0 Å². The van der Waals surface area contributed by atoms with Crippen LogP contribution in [0.3, 0.4) is 0 Å². The van der Waals surface area contributed by atoms with Crippen LogP contribution in [-0.4, -0.2) is 84.0 Å². The van der Waals surface area contributed by atoms with Crippen molar-refractivity contribution in [1.29, 1.82) is 0 Å². The fraction of sp³-hybridized carbons (Fsp3) is 0.500. The van der Waals surface area contributed by atoms with E-state index in [1.807, 2.05) is 0 Å². The quantitative estimate of drug-likeness (QED) is 0.209. The van der Waals surface area contributed by atoms with Gasteiger partial charge in [0.2, 0.25) is 0 Å². The zero-order valence-electron chi connectivity index (χ0n) is 10.9. The van der Waals surface area contributed by atoms with Crippen molar-refractivity contribution in [3.05, 3.63) is 0 Å². The molecule has 0 aromatic heterocycles. The van der Waals surface area contributed by atoms with Crippen LogP contribution in [0.1, 0.15) is 0 Å². The minimum absolute atomic E-state index is 0. The largest absolute Gasteiger partial charge is 1.00 e. The molecule has 7 N–H and O–H groups in total. The molecule has 0 saturated heterocycles. The van der Waals surface area contributed by atoms with Gasteiger partial charge in [-0.3, -0.25) is 0 Å². The van der Waals surface area contributed by atoms with Crippen LogP contribution in [0.25, 0.3) is 0 Å². The molecule has 22 heavy (non-hydrogen) atoms. The van der Waals surface area contributed by atoms with Crippen molar-refractivity contribution >= 4 is 23.9 Å². The van der Waals surface area contributed by atoms with Crippen LogP contribution in [0, 0.1) is 0 Å². The first-order valence-electron chi connectivity index (χ1n) is 4.55. The van der Waals surface area contributed by atoms with Crippen LogP contribution < -0.4 is 56.5 Å². The summed E-state index contributed by atoms with van der Waals surface area (Å²) >= 11 is 0. The van der Waals surface area contributed by atoms with Crippen LogP contribution in [0.15, 0.2) is 0 Å². The first-order valence-corrected chi connectivity index (χ1v) is 4.55. The van der Waals surface area contributed by atoms with Crippen molar-refractivity contribution in [2.75, 3.05) is 0 Å². The van der Waals surface area contributed by atoms with Crippen LogP contribution in [0.4, 0.5) is 0 Å². The molecule has 0 aliphatic rings. The van der Waals surface area contributed by atoms with E-state index in [2.05, 4.69) is 0 Å². The van der Waals surface area contributed by atoms with Crippen molar-refractivity contribution in [3.63, 3.8) is 0 Å². The number of carboxylic acids is 4. The number of carbonyl (C=O) groups is 4. The Balaban J connectivity index is -0.000000135. The van der Waals surface area contributed by atoms with Crippen LogP contribution >= 0.6 is 0 Å². The summed E-state index contributed by atoms with van der Waals surface area (Å²) in [4.78, 5) is 38.9. The van der Waals surface area contributed by atoms with E-state index in [0.717, 1.165) is 0 Å². The van der Waals surface area contributed by atoms with Crippen LogP contribution in [0.5, 0.6) is 0 Å². The number of carboxylic acid groups (broad SMARTS) is 4. The summed E-state index contributed by atoms with van der Waals surface area (Å²) in [6.07, 6.45) is -9.24. The van der Waals surface area contributed by atoms with Crippen molar-refractivity contribution < 1.29 is 129 Å². The maximum atomic E-state index is 9.77. The summed E-state index contributed by atoms with van der Waals surface area (Å²) < 4.78 is 0. The zero-order valence-corrected chi connectivity index (χ0v) is 15.3. The topological polar surface area (TPSA) is 233 Å². The molecular weight excluding hydrogens is 379 g/mol. The molecule has 0 aliphatic heterocycles. The van der Waals surface area contributed by atoms with Gasteiger partial charge in [0.25, 0.3) is 0 Å². The van der Waals surface area contributed by atoms with E-state index in [9.17, 15) is 24.3 Å². The van der Waals surface area contributed by atoms with E-state index >= 15 is 0 Å². The van der Waals surface area contributed by atoms with Gasteiger partial charge in [-0.15, -0.1) is 0 Å². The zero-order chi connectivity index (χ0) is 16.6. The molecule has 122 valence electrons. The summed E-state index contributed by atoms with van der Waals surface area (Å²) in [7, 11) is 0. The number of carbonyl (C=O) groups excluding carboxylic acids is 1. The van der Waals surface area contributed by atoms with E-state index in [-0.39, 0.29) is 68.7 Å². The molecule has 4 unspecified atom stereocenters. The summed E-state index contributed by atoms with van der Waals surface area (Å²) in [5.41, 5.74) is 0. The van der Waals surface area contributed by atoms with Gasteiger partial charge in [0.1, 0.15) is 6.10 Å². The molecule has 0 spiro atoms. The maximum absolute atomic E-state index is 9.77. The smallest absolute Gasteiger partial charge is 0.547 e. The molecular formula is C8H11CrKO12. The third-order valence-corrected chi connectivity index (χ3v) is 1.60. The Morgan fingerprint density at radius 3 is 0.909 bits per heavy atom. The molecule has 0 saturated carbocycles. The molecule has 0 aromatic rings. The van der Waals surface area contributed by atoms with Gasteiger partial charge < -0.3 is 45.6 Å². The molecule has 0 fully saturated rings. The van der Waals surface area contributed by atoms with Crippen molar-refractivity contribution in [1.82, 2.24) is 0 Å². The fourth-order valence-corrected chi connectivity index (χ4v) is 0.534. The molecule has 0 bridgehead atoms. The van der Waals surface area contributed by atoms with E-state index in [1.54, 1.807) is 0 Å². The summed E-state index contributed by atoms with van der Waals surface area (Å²) in [6.45, 7) is 0. The van der Waals surface area contributed by atoms with Crippen LogP contribution in [-0.2, 0) is 36.5 Å². The van der Waals surface area contributed by atoms with Crippen molar-refractivity contribution in [3.8, 4) is 0 Å². The van der Waals surface area contributed by atoms with Crippen molar-refractivity contribution in [2.45, 2.75) is 24.4 Å². The van der Waals surface area contributed by atoms with Gasteiger partial charge in [-0.05, 0) is 0 Å². The second-order valence-electron chi connectivity index (χ2n) is 3.11. The van der Waals surface area contributed by atoms with E-state index in [4.69, 9.17) is 35.7 Å². The summed E-state index contributed by atoms with van der Waals surface area (Å²) in [5.74, 6) is -7.36. The number of hydrogen-bond acceptors (Lipinski definition) is 9. The van der Waals surface area contributed by atoms with Gasteiger partial charge in [-0.25, -0.2) is 14.4 Å². The fourth-order valence-electron chi connectivity index (χ4n) is 0.534. The normalized spacial score (nSPS) is 14.4. The Kier molecular flexibility index (Phi) is 19.6. The Hall–Kier alpha value is -0.111. The Bertz CT molecular complexity index is 315. The summed E-state index contributed by atoms with van der Waals surface area (Å²) in [5, 5.41) is 66.7. The predicted molar refractivity (Wildman–Crippen MR) is 51.9 cm³/mol. The number of aliphatic carboxylic acids is 4. The van der Waals surface area contributed by atoms with Crippen LogP contribution in [0.2, 0.25) is 0 Å². The minimum atomic E-state index is -2.38. The van der Waals surface area contributed by atoms with Crippen molar-refractivity contribution in [2.24, 2.45) is 0 Å². The Morgan fingerprint density at radius 2 is 0.818 bits per heavy atom. The average molecular weight is 390 g/mol. The second-order valence-corrected chi connectivity index (χ2v) is 3.11. The van der Waals surface area contributed by atoms with Gasteiger partial charge >= 0.3 is 69.3 Å². The van der Waals surface area contributed by atoms with Gasteiger partial charge in [0.05, 0.1) is 5.97 Å². The molecule has 0 heterocycles. The van der Waals surface area contributed by atoms with E-state index in [1.165, 1.54) is 0 Å². The molecule has 0 aliphatic carbocycles. The number of rotatable bonds is 6. The SMILES string of the molecule is O=C(O)C(O)C(O)C(=O)O.O=C([O-])C(O)C(O)C(=O)O.[Cr].[K+]. The number of aliphatic hydroxyl groups is 4. The molecule has 0 amide bonds. The van der Waals surface area contributed by atoms with Gasteiger partial charge in [0, 0.05) is 17.4 Å². The second kappa shape index (κ2) is 14.5. The minimum Gasteiger partial charge on any atom is -0.547 e. The third kappa shape index (κ3) is 12.4. The predicted octanol–water partition coefficient (Wildman–Crippen LogP) is -8.58. The first kappa shape index (κ1) is 29.8. The van der Waals surface area contributed by atoms with E-state index in [0.29, 0.717) is 0 Å².